The van der Waals surface area contributed by atoms with Crippen molar-refractivity contribution in [3.63, 3.8) is 0 Å². The summed E-state index contributed by atoms with van der Waals surface area (Å²) in [5.41, 5.74) is 1.97. The Hall–Kier alpha value is -3.42. The summed E-state index contributed by atoms with van der Waals surface area (Å²) >= 11 is 0. The first-order valence-corrected chi connectivity index (χ1v) is 8.61. The summed E-state index contributed by atoms with van der Waals surface area (Å²) in [5.74, 6) is 1.53. The van der Waals surface area contributed by atoms with Crippen LogP contribution in [0.5, 0.6) is 11.5 Å². The minimum absolute atomic E-state index is 0.277. The number of ether oxygens (including phenoxy) is 2. The quantitative estimate of drug-likeness (QED) is 0.722. The van der Waals surface area contributed by atoms with Gasteiger partial charge >= 0.3 is 0 Å². The first-order valence-electron chi connectivity index (χ1n) is 8.61. The third-order valence-corrected chi connectivity index (χ3v) is 4.44. The molecule has 1 fully saturated rings. The van der Waals surface area contributed by atoms with Crippen molar-refractivity contribution < 1.29 is 14.3 Å². The van der Waals surface area contributed by atoms with E-state index in [1.165, 1.54) is 7.11 Å². The number of nitrogens with zero attached hydrogens (tertiary/aromatic N) is 4. The number of nitrogens with one attached hydrogen (secondary N) is 1. The largest absolute Gasteiger partial charge is 0.497 e. The second-order valence-corrected chi connectivity index (χ2v) is 6.28. The summed E-state index contributed by atoms with van der Waals surface area (Å²) < 4.78 is 12.3. The van der Waals surface area contributed by atoms with Gasteiger partial charge in [0.2, 0.25) is 0 Å². The van der Waals surface area contributed by atoms with Gasteiger partial charge in [0.25, 0.3) is 5.91 Å². The lowest BCUT2D eigenvalue weighted by atomic mass is 10.1. The molecule has 3 aromatic rings. The van der Waals surface area contributed by atoms with E-state index in [-0.39, 0.29) is 5.91 Å². The minimum Gasteiger partial charge on any atom is -0.497 e. The van der Waals surface area contributed by atoms with Gasteiger partial charge in [-0.3, -0.25) is 4.79 Å². The van der Waals surface area contributed by atoms with Crippen LogP contribution in [0.3, 0.4) is 0 Å². The topological polar surface area (TPSA) is 91.2 Å². The highest BCUT2D eigenvalue weighted by atomic mass is 16.5. The second-order valence-electron chi connectivity index (χ2n) is 6.28. The summed E-state index contributed by atoms with van der Waals surface area (Å²) in [7, 11) is 3.08. The number of amides is 1. The molecule has 4 rings (SSSR count). The van der Waals surface area contributed by atoms with Crippen LogP contribution in [0.2, 0.25) is 0 Å². The highest BCUT2D eigenvalue weighted by Gasteiger charge is 2.28. The lowest BCUT2D eigenvalue weighted by molar-refractivity contribution is 0.102. The van der Waals surface area contributed by atoms with Gasteiger partial charge in [0, 0.05) is 11.3 Å². The molecule has 0 radical (unpaired) electrons. The molecule has 1 saturated carbocycles. The van der Waals surface area contributed by atoms with Crippen LogP contribution in [0.15, 0.2) is 42.5 Å². The van der Waals surface area contributed by atoms with Gasteiger partial charge in [-0.2, -0.15) is 0 Å². The van der Waals surface area contributed by atoms with Gasteiger partial charge in [-0.25, -0.2) is 4.68 Å². The van der Waals surface area contributed by atoms with Gasteiger partial charge in [0.15, 0.2) is 5.82 Å². The van der Waals surface area contributed by atoms with E-state index < -0.39 is 0 Å². The van der Waals surface area contributed by atoms with Gasteiger partial charge in [0.05, 0.1) is 25.8 Å². The molecule has 8 heteroatoms. The Morgan fingerprint density at radius 2 is 1.89 bits per heavy atom. The van der Waals surface area contributed by atoms with Crippen molar-refractivity contribution in [3.05, 3.63) is 48.0 Å². The van der Waals surface area contributed by atoms with Crippen molar-refractivity contribution in [2.75, 3.05) is 19.5 Å². The summed E-state index contributed by atoms with van der Waals surface area (Å²) in [5, 5.41) is 14.8. The maximum absolute atomic E-state index is 12.6. The fourth-order valence-corrected chi connectivity index (χ4v) is 2.84. The Morgan fingerprint density at radius 3 is 2.56 bits per heavy atom. The second kappa shape index (κ2) is 7.06. The lowest BCUT2D eigenvalue weighted by Gasteiger charge is -2.11. The number of hydrogen-bond acceptors (Lipinski definition) is 6. The van der Waals surface area contributed by atoms with Gasteiger partial charge < -0.3 is 14.8 Å². The van der Waals surface area contributed by atoms with E-state index in [1.54, 1.807) is 25.3 Å². The van der Waals surface area contributed by atoms with Crippen molar-refractivity contribution in [1.29, 1.82) is 0 Å². The van der Waals surface area contributed by atoms with Crippen molar-refractivity contribution in [1.82, 2.24) is 20.2 Å². The van der Waals surface area contributed by atoms with Gasteiger partial charge in [-0.05, 0) is 65.7 Å². The van der Waals surface area contributed by atoms with Crippen LogP contribution >= 0.6 is 0 Å². The van der Waals surface area contributed by atoms with E-state index in [1.807, 2.05) is 28.9 Å². The van der Waals surface area contributed by atoms with E-state index in [4.69, 9.17) is 9.47 Å². The SMILES string of the molecule is COc1ccc(OC)c(C(=O)Nc2ccc(-c3nnnn3C3CC3)cc2)c1. The third kappa shape index (κ3) is 3.46. The Labute approximate surface area is 156 Å². The van der Waals surface area contributed by atoms with Crippen molar-refractivity contribution in [2.45, 2.75) is 18.9 Å². The van der Waals surface area contributed by atoms with E-state index in [2.05, 4.69) is 20.8 Å². The zero-order valence-electron chi connectivity index (χ0n) is 15.0. The lowest BCUT2D eigenvalue weighted by Crippen LogP contribution is -2.13. The fourth-order valence-electron chi connectivity index (χ4n) is 2.84. The molecule has 27 heavy (non-hydrogen) atoms. The summed E-state index contributed by atoms with van der Waals surface area (Å²) in [6, 6.07) is 12.9. The monoisotopic (exact) mass is 365 g/mol. The number of carbonyl (C=O) groups excluding carboxylic acids is 1. The predicted molar refractivity (Wildman–Crippen MR) is 99.0 cm³/mol. The molecule has 0 unspecified atom stereocenters. The highest BCUT2D eigenvalue weighted by molar-refractivity contribution is 6.06. The third-order valence-electron chi connectivity index (χ3n) is 4.44. The first kappa shape index (κ1) is 17.0. The van der Waals surface area contributed by atoms with Crippen LogP contribution in [0.25, 0.3) is 11.4 Å². The molecule has 8 nitrogen and oxygen atoms in total. The highest BCUT2D eigenvalue weighted by Crippen LogP contribution is 2.36. The molecule has 0 spiro atoms. The number of hydrogen-bond donors (Lipinski definition) is 1. The van der Waals surface area contributed by atoms with Crippen LogP contribution < -0.4 is 14.8 Å². The average molecular weight is 365 g/mol. The van der Waals surface area contributed by atoms with Crippen LogP contribution in [-0.4, -0.2) is 40.3 Å². The van der Waals surface area contributed by atoms with E-state index in [0.29, 0.717) is 28.8 Å². The number of rotatable bonds is 6. The Balaban J connectivity index is 1.53. The predicted octanol–water partition coefficient (Wildman–Crippen LogP) is 2.94. The first-order chi connectivity index (χ1) is 13.2. The maximum Gasteiger partial charge on any atom is 0.259 e. The Morgan fingerprint density at radius 1 is 1.11 bits per heavy atom. The number of carbonyl (C=O) groups is 1. The standard InChI is InChI=1S/C19H19N5O3/c1-26-15-9-10-17(27-2)16(11-15)19(25)20-13-5-3-12(4-6-13)18-21-22-23-24(18)14-7-8-14/h3-6,9-11,14H,7-8H2,1-2H3,(H,20,25). The number of aromatic nitrogens is 4. The van der Waals surface area contributed by atoms with Crippen LogP contribution in [0, 0.1) is 0 Å². The molecule has 2 aromatic carbocycles. The molecule has 1 N–H and O–H groups in total. The molecular formula is C19H19N5O3. The molecular weight excluding hydrogens is 346 g/mol. The molecule has 0 bridgehead atoms. The number of tetrazole rings is 1. The Bertz CT molecular complexity index is 964. The van der Waals surface area contributed by atoms with Crippen molar-refractivity contribution in [3.8, 4) is 22.9 Å². The van der Waals surface area contributed by atoms with Crippen molar-refractivity contribution >= 4 is 11.6 Å². The van der Waals surface area contributed by atoms with Gasteiger partial charge in [0.1, 0.15) is 11.5 Å². The molecule has 1 aliphatic carbocycles. The van der Waals surface area contributed by atoms with Crippen LogP contribution in [-0.2, 0) is 0 Å². The van der Waals surface area contributed by atoms with Gasteiger partial charge in [-0.1, -0.05) is 0 Å². The smallest absolute Gasteiger partial charge is 0.259 e. The molecule has 138 valence electrons. The molecule has 0 atom stereocenters. The molecule has 0 aliphatic heterocycles. The molecule has 1 aromatic heterocycles. The molecule has 1 amide bonds. The molecule has 0 saturated heterocycles. The average Bonchev–Trinajstić information content (AvgIpc) is 3.44. The van der Waals surface area contributed by atoms with Gasteiger partial charge in [-0.15, -0.1) is 5.10 Å². The van der Waals surface area contributed by atoms with Crippen molar-refractivity contribution in [2.24, 2.45) is 0 Å². The zero-order chi connectivity index (χ0) is 18.8. The maximum atomic E-state index is 12.6. The molecule has 1 aliphatic rings. The van der Waals surface area contributed by atoms with E-state index in [9.17, 15) is 4.79 Å². The van der Waals surface area contributed by atoms with Crippen LogP contribution in [0.4, 0.5) is 5.69 Å². The molecule has 1 heterocycles. The summed E-state index contributed by atoms with van der Waals surface area (Å²) in [4.78, 5) is 12.6. The normalized spacial score (nSPS) is 13.3. The fraction of sp³-hybridized carbons (Fsp3) is 0.263. The summed E-state index contributed by atoms with van der Waals surface area (Å²) in [6.07, 6.45) is 2.21. The Kier molecular flexibility index (Phi) is 4.45. The number of methoxy groups -OCH3 is 2. The summed E-state index contributed by atoms with van der Waals surface area (Å²) in [6.45, 7) is 0. The zero-order valence-corrected chi connectivity index (χ0v) is 15.0. The number of anilines is 1. The van der Waals surface area contributed by atoms with E-state index in [0.717, 1.165) is 24.2 Å². The van der Waals surface area contributed by atoms with E-state index >= 15 is 0 Å². The minimum atomic E-state index is -0.277. The number of benzene rings is 2. The van der Waals surface area contributed by atoms with Crippen LogP contribution in [0.1, 0.15) is 29.2 Å².